The fourth-order valence-electron chi connectivity index (χ4n) is 3.39. The van der Waals surface area contributed by atoms with Crippen molar-refractivity contribution < 1.29 is 14.0 Å². The molecule has 0 radical (unpaired) electrons. The molecule has 1 aliphatic heterocycles. The van der Waals surface area contributed by atoms with Crippen LogP contribution in [0.15, 0.2) is 12.2 Å². The summed E-state index contributed by atoms with van der Waals surface area (Å²) in [5.74, 6) is 0. The molecular weight excluding hydrogens is 347 g/mol. The minimum absolute atomic E-state index is 0.305. The molecular formula is C24H47BO3. The monoisotopic (exact) mass is 394 g/mol. The summed E-state index contributed by atoms with van der Waals surface area (Å²) in [6.45, 7) is 11.2. The van der Waals surface area contributed by atoms with Crippen LogP contribution in [0, 0.1) is 0 Å². The summed E-state index contributed by atoms with van der Waals surface area (Å²) in [5.41, 5.74) is -0.610. The molecule has 0 aromatic rings. The molecule has 1 heterocycles. The van der Waals surface area contributed by atoms with Gasteiger partial charge in [-0.05, 0) is 59.8 Å². The molecule has 0 atom stereocenters. The first-order valence-electron chi connectivity index (χ1n) is 12.0. The van der Waals surface area contributed by atoms with Crippen LogP contribution in [0.4, 0.5) is 0 Å². The molecule has 0 N–H and O–H groups in total. The third-order valence-corrected chi connectivity index (χ3v) is 6.14. The van der Waals surface area contributed by atoms with E-state index in [-0.39, 0.29) is 11.2 Å². The molecule has 1 rings (SSSR count). The molecule has 0 aromatic carbocycles. The lowest BCUT2D eigenvalue weighted by molar-refractivity contribution is 0.00578. The van der Waals surface area contributed by atoms with E-state index in [4.69, 9.17) is 14.0 Å². The molecule has 1 saturated heterocycles. The Morgan fingerprint density at radius 2 is 1.07 bits per heavy atom. The molecule has 3 nitrogen and oxygen atoms in total. The second kappa shape index (κ2) is 14.6. The fourth-order valence-corrected chi connectivity index (χ4v) is 3.39. The van der Waals surface area contributed by atoms with Crippen molar-refractivity contribution in [3.63, 3.8) is 0 Å². The van der Waals surface area contributed by atoms with Crippen LogP contribution in [0.5, 0.6) is 0 Å². The van der Waals surface area contributed by atoms with Crippen LogP contribution < -0.4 is 0 Å². The van der Waals surface area contributed by atoms with Gasteiger partial charge in [0.25, 0.3) is 0 Å². The van der Waals surface area contributed by atoms with Gasteiger partial charge in [0.15, 0.2) is 0 Å². The molecule has 1 aliphatic rings. The summed E-state index contributed by atoms with van der Waals surface area (Å²) in [5, 5.41) is 0. The van der Waals surface area contributed by atoms with Crippen LogP contribution in [0.2, 0.25) is 0 Å². The fraction of sp³-hybridized carbons (Fsp3) is 0.917. The minimum atomic E-state index is -0.506. The van der Waals surface area contributed by atoms with E-state index < -0.39 is 7.32 Å². The summed E-state index contributed by atoms with van der Waals surface area (Å²) in [6, 6.07) is 0. The molecule has 4 heteroatoms. The second-order valence-corrected chi connectivity index (χ2v) is 9.35. The summed E-state index contributed by atoms with van der Waals surface area (Å²) in [6.07, 6.45) is 23.3. The Morgan fingerprint density at radius 1 is 0.643 bits per heavy atom. The summed E-state index contributed by atoms with van der Waals surface area (Å²) < 4.78 is 17.4. The molecule has 28 heavy (non-hydrogen) atoms. The summed E-state index contributed by atoms with van der Waals surface area (Å²) >= 11 is 0. The Kier molecular flexibility index (Phi) is 13.4. The Bertz CT molecular complexity index is 391. The number of hydrogen-bond donors (Lipinski definition) is 0. The van der Waals surface area contributed by atoms with Gasteiger partial charge in [0.1, 0.15) is 0 Å². The molecule has 0 spiro atoms. The van der Waals surface area contributed by atoms with Gasteiger partial charge < -0.3 is 14.0 Å². The average Bonchev–Trinajstić information content (AvgIpc) is 2.84. The van der Waals surface area contributed by atoms with Gasteiger partial charge in [-0.1, -0.05) is 76.9 Å². The predicted octanol–water partition coefficient (Wildman–Crippen LogP) is 7.63. The van der Waals surface area contributed by atoms with E-state index in [0.717, 1.165) is 13.0 Å². The maximum absolute atomic E-state index is 5.84. The van der Waals surface area contributed by atoms with Gasteiger partial charge in [-0.15, -0.1) is 0 Å². The zero-order valence-electron chi connectivity index (χ0n) is 19.6. The highest BCUT2D eigenvalue weighted by atomic mass is 16.8. The topological polar surface area (TPSA) is 27.7 Å². The van der Waals surface area contributed by atoms with Crippen LogP contribution in [-0.2, 0) is 14.0 Å². The lowest BCUT2D eigenvalue weighted by atomic mass is 9.90. The summed E-state index contributed by atoms with van der Waals surface area (Å²) in [7, 11) is -0.506. The lowest BCUT2D eigenvalue weighted by Gasteiger charge is -2.31. The van der Waals surface area contributed by atoms with E-state index in [1.54, 1.807) is 0 Å². The van der Waals surface area contributed by atoms with Gasteiger partial charge in [0.2, 0.25) is 0 Å². The standard InChI is InChI=1S/C24H47BO3/c1-6-7-8-9-10-11-12-13-14-15-16-17-18-19-20-21-22-26-25-27-23(2,3)24(4,5)28-25/h13-14H,6-12,15-22H2,1-5H3/b14-13-. The zero-order valence-corrected chi connectivity index (χ0v) is 19.6. The molecule has 164 valence electrons. The van der Waals surface area contributed by atoms with Crippen LogP contribution in [-0.4, -0.2) is 25.1 Å². The first-order chi connectivity index (χ1) is 13.4. The zero-order chi connectivity index (χ0) is 20.7. The molecule has 0 bridgehead atoms. The number of unbranched alkanes of at least 4 members (excludes halogenated alkanes) is 12. The van der Waals surface area contributed by atoms with E-state index in [2.05, 4.69) is 46.8 Å². The first-order valence-corrected chi connectivity index (χ1v) is 12.0. The highest BCUT2D eigenvalue weighted by molar-refractivity contribution is 6.37. The Balaban J connectivity index is 1.82. The maximum Gasteiger partial charge on any atom is 0.640 e. The largest absolute Gasteiger partial charge is 0.640 e. The van der Waals surface area contributed by atoms with Gasteiger partial charge >= 0.3 is 7.32 Å². The molecule has 0 unspecified atom stereocenters. The van der Waals surface area contributed by atoms with Crippen molar-refractivity contribution in [2.45, 2.75) is 136 Å². The highest BCUT2D eigenvalue weighted by Crippen LogP contribution is 2.36. The smallest absolute Gasteiger partial charge is 0.386 e. The van der Waals surface area contributed by atoms with E-state index in [1.165, 1.54) is 83.5 Å². The minimum Gasteiger partial charge on any atom is -0.386 e. The van der Waals surface area contributed by atoms with Crippen molar-refractivity contribution in [1.29, 1.82) is 0 Å². The lowest BCUT2D eigenvalue weighted by Crippen LogP contribution is -2.41. The van der Waals surface area contributed by atoms with Gasteiger partial charge in [-0.3, -0.25) is 0 Å². The van der Waals surface area contributed by atoms with Gasteiger partial charge in [0, 0.05) is 6.61 Å². The number of allylic oxidation sites excluding steroid dienone is 2. The molecule has 0 aliphatic carbocycles. The predicted molar refractivity (Wildman–Crippen MR) is 121 cm³/mol. The van der Waals surface area contributed by atoms with Gasteiger partial charge in [-0.2, -0.15) is 0 Å². The van der Waals surface area contributed by atoms with Crippen LogP contribution in [0.3, 0.4) is 0 Å². The molecule has 1 fully saturated rings. The van der Waals surface area contributed by atoms with Gasteiger partial charge in [0.05, 0.1) is 11.2 Å². The number of rotatable bonds is 17. The Labute approximate surface area is 176 Å². The SMILES string of the molecule is CCCCCCCC/C=C\CCCCCCCCOB1OC(C)(C)C(C)(C)O1. The van der Waals surface area contributed by atoms with Gasteiger partial charge in [-0.25, -0.2) is 0 Å². The normalized spacial score (nSPS) is 18.4. The third-order valence-electron chi connectivity index (χ3n) is 6.14. The van der Waals surface area contributed by atoms with E-state index in [1.807, 2.05) is 0 Å². The van der Waals surface area contributed by atoms with Crippen LogP contribution in [0.1, 0.15) is 125 Å². The molecule has 0 amide bonds. The highest BCUT2D eigenvalue weighted by Gasteiger charge is 2.52. The van der Waals surface area contributed by atoms with Crippen molar-refractivity contribution >= 4 is 7.32 Å². The van der Waals surface area contributed by atoms with Crippen molar-refractivity contribution in [3.8, 4) is 0 Å². The van der Waals surface area contributed by atoms with E-state index in [0.29, 0.717) is 0 Å². The Morgan fingerprint density at radius 3 is 1.57 bits per heavy atom. The number of hydrogen-bond acceptors (Lipinski definition) is 3. The average molecular weight is 394 g/mol. The van der Waals surface area contributed by atoms with E-state index in [9.17, 15) is 0 Å². The van der Waals surface area contributed by atoms with Crippen molar-refractivity contribution in [2.24, 2.45) is 0 Å². The second-order valence-electron chi connectivity index (χ2n) is 9.35. The van der Waals surface area contributed by atoms with Crippen molar-refractivity contribution in [3.05, 3.63) is 12.2 Å². The Hall–Kier alpha value is -0.315. The van der Waals surface area contributed by atoms with Crippen LogP contribution in [0.25, 0.3) is 0 Å². The van der Waals surface area contributed by atoms with E-state index >= 15 is 0 Å². The quantitative estimate of drug-likeness (QED) is 0.144. The van der Waals surface area contributed by atoms with Crippen molar-refractivity contribution in [2.75, 3.05) is 6.61 Å². The van der Waals surface area contributed by atoms with Crippen LogP contribution >= 0.6 is 0 Å². The first kappa shape index (κ1) is 25.7. The third kappa shape index (κ3) is 11.0. The maximum atomic E-state index is 5.84. The summed E-state index contributed by atoms with van der Waals surface area (Å²) in [4.78, 5) is 0. The van der Waals surface area contributed by atoms with Crippen molar-refractivity contribution in [1.82, 2.24) is 0 Å². The molecule has 0 aromatic heterocycles. The molecule has 0 saturated carbocycles.